The molecule has 1 aromatic heterocycles. The van der Waals surface area contributed by atoms with Gasteiger partial charge in [0, 0.05) is 48.1 Å². The van der Waals surface area contributed by atoms with Crippen LogP contribution in [0.15, 0.2) is 24.3 Å². The van der Waals surface area contributed by atoms with Crippen molar-refractivity contribution in [3.05, 3.63) is 35.0 Å². The van der Waals surface area contributed by atoms with E-state index in [9.17, 15) is 4.79 Å². The molecule has 2 heterocycles. The first-order chi connectivity index (χ1) is 10.6. The summed E-state index contributed by atoms with van der Waals surface area (Å²) in [4.78, 5) is 19.9. The number of piperazine rings is 1. The number of benzene rings is 1. The van der Waals surface area contributed by atoms with Gasteiger partial charge in [-0.1, -0.05) is 17.7 Å². The Hall–Kier alpha value is -1.56. The maximum Gasteiger partial charge on any atom is 0.270 e. The van der Waals surface area contributed by atoms with Crippen LogP contribution in [0.1, 0.15) is 17.4 Å². The number of hydrogen-bond donors (Lipinski definition) is 2. The highest BCUT2D eigenvalue weighted by atomic mass is 35.5. The van der Waals surface area contributed by atoms with E-state index in [0.717, 1.165) is 17.4 Å². The van der Waals surface area contributed by atoms with Crippen LogP contribution in [0.3, 0.4) is 0 Å². The number of aliphatic hydroxyl groups excluding tert-OH is 1. The summed E-state index contributed by atoms with van der Waals surface area (Å²) in [7, 11) is 0. The molecule has 0 radical (unpaired) electrons. The zero-order valence-corrected chi connectivity index (χ0v) is 13.3. The van der Waals surface area contributed by atoms with Crippen LogP contribution in [0.2, 0.25) is 5.02 Å². The van der Waals surface area contributed by atoms with Gasteiger partial charge in [-0.3, -0.25) is 9.69 Å². The van der Waals surface area contributed by atoms with Crippen molar-refractivity contribution in [2.45, 2.75) is 13.0 Å². The number of fused-ring (bicyclic) bond motifs is 1. The first-order valence-corrected chi connectivity index (χ1v) is 7.88. The minimum Gasteiger partial charge on any atom is -0.395 e. The van der Waals surface area contributed by atoms with E-state index >= 15 is 0 Å². The van der Waals surface area contributed by atoms with Crippen LogP contribution in [0.25, 0.3) is 10.9 Å². The zero-order chi connectivity index (χ0) is 15.7. The number of aliphatic hydroxyl groups is 1. The van der Waals surface area contributed by atoms with Crippen molar-refractivity contribution < 1.29 is 9.90 Å². The van der Waals surface area contributed by atoms with E-state index in [1.807, 2.05) is 29.2 Å². The topological polar surface area (TPSA) is 59.6 Å². The molecule has 0 unspecified atom stereocenters. The van der Waals surface area contributed by atoms with Crippen LogP contribution < -0.4 is 0 Å². The lowest BCUT2D eigenvalue weighted by molar-refractivity contribution is 0.0466. The van der Waals surface area contributed by atoms with E-state index in [1.165, 1.54) is 0 Å². The number of carbonyl (C=O) groups excluding carboxylic acids is 1. The minimum absolute atomic E-state index is 0.0165. The predicted molar refractivity (Wildman–Crippen MR) is 87.3 cm³/mol. The van der Waals surface area contributed by atoms with Gasteiger partial charge in [-0.2, -0.15) is 0 Å². The van der Waals surface area contributed by atoms with E-state index in [1.54, 1.807) is 0 Å². The summed E-state index contributed by atoms with van der Waals surface area (Å²) in [6.07, 6.45) is 0. The van der Waals surface area contributed by atoms with Crippen LogP contribution in [-0.4, -0.2) is 64.6 Å². The van der Waals surface area contributed by atoms with Crippen molar-refractivity contribution in [3.63, 3.8) is 0 Å². The molecule has 118 valence electrons. The molecule has 1 aliphatic rings. The van der Waals surface area contributed by atoms with E-state index in [2.05, 4.69) is 16.8 Å². The minimum atomic E-state index is 0.0165. The number of H-pyrrole nitrogens is 1. The fourth-order valence-corrected chi connectivity index (χ4v) is 3.20. The maximum atomic E-state index is 12.7. The fourth-order valence-electron chi connectivity index (χ4n) is 3.03. The molecule has 1 amide bonds. The molecular weight excluding hydrogens is 302 g/mol. The van der Waals surface area contributed by atoms with Gasteiger partial charge >= 0.3 is 0 Å². The summed E-state index contributed by atoms with van der Waals surface area (Å²) in [5.74, 6) is 0.0165. The van der Waals surface area contributed by atoms with E-state index < -0.39 is 0 Å². The van der Waals surface area contributed by atoms with Crippen molar-refractivity contribution in [2.24, 2.45) is 0 Å². The third-order valence-corrected chi connectivity index (χ3v) is 4.49. The van der Waals surface area contributed by atoms with Crippen molar-refractivity contribution in [3.8, 4) is 0 Å². The molecule has 1 saturated heterocycles. The molecule has 0 aliphatic carbocycles. The van der Waals surface area contributed by atoms with E-state index in [0.29, 0.717) is 30.4 Å². The van der Waals surface area contributed by atoms with Crippen molar-refractivity contribution in [1.29, 1.82) is 0 Å². The lowest BCUT2D eigenvalue weighted by Crippen LogP contribution is -2.54. The highest BCUT2D eigenvalue weighted by Crippen LogP contribution is 2.21. The van der Waals surface area contributed by atoms with Gasteiger partial charge < -0.3 is 15.0 Å². The molecule has 0 spiro atoms. The summed E-state index contributed by atoms with van der Waals surface area (Å²) in [5.41, 5.74) is 1.47. The molecule has 1 atom stereocenters. The molecule has 1 aromatic carbocycles. The van der Waals surface area contributed by atoms with E-state index in [-0.39, 0.29) is 18.6 Å². The first kappa shape index (κ1) is 15.3. The predicted octanol–water partition coefficient (Wildman–Crippen LogP) is 1.96. The number of β-amino-alcohol motifs (C(OH)–C–C–N with tert-alkyl or cyclic N) is 1. The zero-order valence-electron chi connectivity index (χ0n) is 12.6. The fraction of sp³-hybridized carbons (Fsp3) is 0.438. The number of hydrogen-bond acceptors (Lipinski definition) is 3. The number of nitrogens with zero attached hydrogens (tertiary/aromatic N) is 2. The van der Waals surface area contributed by atoms with Crippen LogP contribution >= 0.6 is 11.6 Å². The molecule has 0 bridgehead atoms. The molecule has 5 nitrogen and oxygen atoms in total. The Balaban J connectivity index is 1.75. The Bertz CT molecular complexity index is 685. The largest absolute Gasteiger partial charge is 0.395 e. The van der Waals surface area contributed by atoms with Crippen LogP contribution in [0.4, 0.5) is 0 Å². The van der Waals surface area contributed by atoms with Gasteiger partial charge in [-0.05, 0) is 25.1 Å². The first-order valence-electron chi connectivity index (χ1n) is 7.51. The van der Waals surface area contributed by atoms with Crippen molar-refractivity contribution >= 4 is 28.4 Å². The summed E-state index contributed by atoms with van der Waals surface area (Å²) in [6, 6.07) is 7.69. The Morgan fingerprint density at radius 2 is 2.23 bits per heavy atom. The molecule has 2 N–H and O–H groups in total. The number of amides is 1. The number of aromatic amines is 1. The van der Waals surface area contributed by atoms with Gasteiger partial charge in [0.2, 0.25) is 0 Å². The van der Waals surface area contributed by atoms with Crippen LogP contribution in [0, 0.1) is 0 Å². The quantitative estimate of drug-likeness (QED) is 0.908. The van der Waals surface area contributed by atoms with Gasteiger partial charge in [0.05, 0.1) is 6.61 Å². The summed E-state index contributed by atoms with van der Waals surface area (Å²) in [6.45, 7) is 5.04. The average Bonchev–Trinajstić information content (AvgIpc) is 2.91. The smallest absolute Gasteiger partial charge is 0.270 e. The van der Waals surface area contributed by atoms with E-state index in [4.69, 9.17) is 16.7 Å². The van der Waals surface area contributed by atoms with Gasteiger partial charge in [0.1, 0.15) is 5.69 Å². The molecule has 3 rings (SSSR count). The Kier molecular flexibility index (Phi) is 4.38. The Morgan fingerprint density at radius 3 is 2.95 bits per heavy atom. The number of aromatic nitrogens is 1. The van der Waals surface area contributed by atoms with Gasteiger partial charge in [-0.15, -0.1) is 0 Å². The maximum absolute atomic E-state index is 12.7. The second-order valence-corrected chi connectivity index (χ2v) is 6.21. The lowest BCUT2D eigenvalue weighted by atomic mass is 10.1. The van der Waals surface area contributed by atoms with Gasteiger partial charge in [0.25, 0.3) is 5.91 Å². The number of nitrogens with one attached hydrogen (secondary N) is 1. The third kappa shape index (κ3) is 2.97. The number of rotatable bonds is 3. The molecule has 22 heavy (non-hydrogen) atoms. The SMILES string of the molecule is C[C@@H]1CN(C(=O)c2cc3ccc(Cl)cc3[nH]2)CCN1CCO. The standard InChI is InChI=1S/C16H20ClN3O2/c1-11-10-20(5-4-19(11)6-7-21)16(22)15-8-12-2-3-13(17)9-14(12)18-15/h2-3,8-9,11,18,21H,4-7,10H2,1H3/t11-/m1/s1. The lowest BCUT2D eigenvalue weighted by Gasteiger charge is -2.39. The normalized spacial score (nSPS) is 19.8. The Labute approximate surface area is 134 Å². The van der Waals surface area contributed by atoms with Crippen molar-refractivity contribution in [1.82, 2.24) is 14.8 Å². The van der Waals surface area contributed by atoms with Crippen molar-refractivity contribution in [2.75, 3.05) is 32.8 Å². The van der Waals surface area contributed by atoms with Gasteiger partial charge in [-0.25, -0.2) is 0 Å². The number of halogens is 1. The molecule has 6 heteroatoms. The summed E-state index contributed by atoms with van der Waals surface area (Å²) < 4.78 is 0. The van der Waals surface area contributed by atoms with Crippen LogP contribution in [-0.2, 0) is 0 Å². The average molecular weight is 322 g/mol. The second-order valence-electron chi connectivity index (χ2n) is 5.77. The molecule has 1 fully saturated rings. The molecule has 1 aliphatic heterocycles. The number of carbonyl (C=O) groups is 1. The third-order valence-electron chi connectivity index (χ3n) is 4.25. The van der Waals surface area contributed by atoms with Crippen LogP contribution in [0.5, 0.6) is 0 Å². The summed E-state index contributed by atoms with van der Waals surface area (Å²) in [5, 5.41) is 10.7. The molecular formula is C16H20ClN3O2. The van der Waals surface area contributed by atoms with Gasteiger partial charge in [0.15, 0.2) is 0 Å². The molecule has 0 saturated carbocycles. The second kappa shape index (κ2) is 6.28. The molecule has 2 aromatic rings. The highest BCUT2D eigenvalue weighted by Gasteiger charge is 2.27. The summed E-state index contributed by atoms with van der Waals surface area (Å²) >= 11 is 5.98. The monoisotopic (exact) mass is 321 g/mol. The Morgan fingerprint density at radius 1 is 1.41 bits per heavy atom. The highest BCUT2D eigenvalue weighted by molar-refractivity contribution is 6.31.